The molecule has 0 atom stereocenters. The van der Waals surface area contributed by atoms with Crippen LogP contribution in [0.2, 0.25) is 0 Å². The van der Waals surface area contributed by atoms with Gasteiger partial charge in [0.25, 0.3) is 0 Å². The van der Waals surface area contributed by atoms with E-state index in [0.717, 1.165) is 72.3 Å². The van der Waals surface area contributed by atoms with Crippen molar-refractivity contribution in [1.29, 1.82) is 0 Å². The van der Waals surface area contributed by atoms with E-state index in [2.05, 4.69) is 218 Å². The Morgan fingerprint density at radius 3 is 1.31 bits per heavy atom. The summed E-state index contributed by atoms with van der Waals surface area (Å²) in [6, 6.07) is 83.4. The van der Waals surface area contributed by atoms with Crippen molar-refractivity contribution in [2.75, 3.05) is 0 Å². The second kappa shape index (κ2) is 16.1. The third-order valence-electron chi connectivity index (χ3n) is 11.7. The SMILES string of the molecule is c1ccc(-c2ccc(-c3cc(-c4cccc(-c5ccc6c(ccc7nc(-c8ccccc8)cc(-c8ccccc8)c76)c5)c4)nc(-c4ccc(-c5ccccc5)cc4)n3)cc2)cc1. The number of nitrogens with zero attached hydrogens (tertiary/aromatic N) is 3. The third kappa shape index (κ3) is 7.23. The van der Waals surface area contributed by atoms with Crippen LogP contribution in [0.15, 0.2) is 237 Å². The van der Waals surface area contributed by atoms with Gasteiger partial charge in [0.05, 0.1) is 22.6 Å². The normalized spacial score (nSPS) is 11.2. The van der Waals surface area contributed by atoms with Crippen molar-refractivity contribution in [3.8, 4) is 89.7 Å². The fraction of sp³-hybridized carbons (Fsp3) is 0. The Hall–Kier alpha value is -8.27. The number of benzene rings is 9. The summed E-state index contributed by atoms with van der Waals surface area (Å²) in [5, 5.41) is 3.50. The summed E-state index contributed by atoms with van der Waals surface area (Å²) in [6.07, 6.45) is 0. The maximum absolute atomic E-state index is 5.24. The summed E-state index contributed by atoms with van der Waals surface area (Å²) >= 11 is 0. The van der Waals surface area contributed by atoms with Crippen LogP contribution in [0.5, 0.6) is 0 Å². The smallest absolute Gasteiger partial charge is 0.160 e. The summed E-state index contributed by atoms with van der Waals surface area (Å²) in [5.41, 5.74) is 17.1. The van der Waals surface area contributed by atoms with Crippen molar-refractivity contribution >= 4 is 21.7 Å². The predicted molar refractivity (Wildman–Crippen MR) is 258 cm³/mol. The monoisotopic (exact) mass is 789 g/mol. The van der Waals surface area contributed by atoms with E-state index < -0.39 is 0 Å². The van der Waals surface area contributed by atoms with Crippen LogP contribution in [-0.4, -0.2) is 15.0 Å². The minimum atomic E-state index is 0.686. The van der Waals surface area contributed by atoms with Gasteiger partial charge in [-0.05, 0) is 85.6 Å². The maximum atomic E-state index is 5.24. The molecule has 62 heavy (non-hydrogen) atoms. The van der Waals surface area contributed by atoms with Gasteiger partial charge in [0.1, 0.15) is 0 Å². The first kappa shape index (κ1) is 36.8. The molecule has 2 aromatic heterocycles. The summed E-state index contributed by atoms with van der Waals surface area (Å²) in [6.45, 7) is 0. The fourth-order valence-corrected chi connectivity index (χ4v) is 8.48. The van der Waals surface area contributed by atoms with Crippen LogP contribution in [0.1, 0.15) is 0 Å². The molecule has 0 bridgehead atoms. The Labute approximate surface area is 361 Å². The standard InChI is InChI=1S/C59H39N3/c1-5-14-40(15-6-1)42-24-28-46(29-25-42)56-39-57(62-59(61-56)47-30-26-43(27-31-47)41-16-7-2-8-17-41)51-23-13-22-48(37-51)49-32-34-52-50(36-49)33-35-54-58(52)53(44-18-9-3-10-19-44)38-55(60-54)45-20-11-4-12-21-45/h1-39H. The van der Waals surface area contributed by atoms with Gasteiger partial charge in [0.15, 0.2) is 5.82 Å². The van der Waals surface area contributed by atoms with Crippen molar-refractivity contribution in [1.82, 2.24) is 15.0 Å². The fourth-order valence-electron chi connectivity index (χ4n) is 8.48. The molecule has 0 saturated heterocycles. The first-order valence-corrected chi connectivity index (χ1v) is 21.0. The van der Waals surface area contributed by atoms with Crippen LogP contribution >= 0.6 is 0 Å². The molecule has 9 aromatic carbocycles. The van der Waals surface area contributed by atoms with E-state index in [-0.39, 0.29) is 0 Å². The Kier molecular flexibility index (Phi) is 9.53. The molecule has 0 fully saturated rings. The van der Waals surface area contributed by atoms with E-state index in [4.69, 9.17) is 15.0 Å². The number of hydrogen-bond donors (Lipinski definition) is 0. The number of rotatable bonds is 8. The first-order valence-electron chi connectivity index (χ1n) is 21.0. The van der Waals surface area contributed by atoms with Gasteiger partial charge in [-0.2, -0.15) is 0 Å². The Bertz CT molecular complexity index is 3250. The van der Waals surface area contributed by atoms with Gasteiger partial charge < -0.3 is 0 Å². The van der Waals surface area contributed by atoms with E-state index in [1.165, 1.54) is 33.2 Å². The molecule has 0 aliphatic heterocycles. The molecular formula is C59H39N3. The van der Waals surface area contributed by atoms with Crippen molar-refractivity contribution in [3.63, 3.8) is 0 Å². The Morgan fingerprint density at radius 1 is 0.242 bits per heavy atom. The van der Waals surface area contributed by atoms with E-state index in [9.17, 15) is 0 Å². The van der Waals surface area contributed by atoms with E-state index in [1.54, 1.807) is 0 Å². The molecular weight excluding hydrogens is 751 g/mol. The highest BCUT2D eigenvalue weighted by Crippen LogP contribution is 2.39. The molecule has 0 radical (unpaired) electrons. The molecule has 3 heteroatoms. The highest BCUT2D eigenvalue weighted by Gasteiger charge is 2.16. The quantitative estimate of drug-likeness (QED) is 0.144. The van der Waals surface area contributed by atoms with E-state index >= 15 is 0 Å². The zero-order valence-corrected chi connectivity index (χ0v) is 33.9. The molecule has 290 valence electrons. The molecule has 0 aliphatic carbocycles. The third-order valence-corrected chi connectivity index (χ3v) is 11.7. The lowest BCUT2D eigenvalue weighted by molar-refractivity contribution is 1.18. The van der Waals surface area contributed by atoms with Gasteiger partial charge in [-0.25, -0.2) is 15.0 Å². The lowest BCUT2D eigenvalue weighted by atomic mass is 9.92. The largest absolute Gasteiger partial charge is 0.248 e. The zero-order valence-electron chi connectivity index (χ0n) is 33.9. The second-order valence-electron chi connectivity index (χ2n) is 15.6. The minimum Gasteiger partial charge on any atom is -0.248 e. The molecule has 0 unspecified atom stereocenters. The molecule has 3 nitrogen and oxygen atoms in total. The van der Waals surface area contributed by atoms with Crippen molar-refractivity contribution < 1.29 is 0 Å². The van der Waals surface area contributed by atoms with Gasteiger partial charge in [-0.15, -0.1) is 0 Å². The number of hydrogen-bond acceptors (Lipinski definition) is 3. The molecule has 11 rings (SSSR count). The number of fused-ring (bicyclic) bond motifs is 3. The van der Waals surface area contributed by atoms with Gasteiger partial charge in [-0.3, -0.25) is 0 Å². The molecule has 0 spiro atoms. The highest BCUT2D eigenvalue weighted by atomic mass is 14.9. The minimum absolute atomic E-state index is 0.686. The molecule has 2 heterocycles. The summed E-state index contributed by atoms with van der Waals surface area (Å²) in [4.78, 5) is 15.6. The van der Waals surface area contributed by atoms with E-state index in [0.29, 0.717) is 5.82 Å². The van der Waals surface area contributed by atoms with Gasteiger partial charge in [0.2, 0.25) is 0 Å². The summed E-state index contributed by atoms with van der Waals surface area (Å²) < 4.78 is 0. The number of aromatic nitrogens is 3. The molecule has 0 N–H and O–H groups in total. The van der Waals surface area contributed by atoms with Crippen LogP contribution in [0, 0.1) is 0 Å². The summed E-state index contributed by atoms with van der Waals surface area (Å²) in [7, 11) is 0. The van der Waals surface area contributed by atoms with Crippen molar-refractivity contribution in [2.24, 2.45) is 0 Å². The highest BCUT2D eigenvalue weighted by molar-refractivity contribution is 6.14. The van der Waals surface area contributed by atoms with Crippen LogP contribution in [-0.2, 0) is 0 Å². The maximum Gasteiger partial charge on any atom is 0.160 e. The molecule has 0 amide bonds. The van der Waals surface area contributed by atoms with Crippen molar-refractivity contribution in [3.05, 3.63) is 237 Å². The average Bonchev–Trinajstić information content (AvgIpc) is 3.37. The number of pyridine rings is 1. The Morgan fingerprint density at radius 2 is 0.677 bits per heavy atom. The Balaban J connectivity index is 0.997. The lowest BCUT2D eigenvalue weighted by Crippen LogP contribution is -1.96. The second-order valence-corrected chi connectivity index (χ2v) is 15.6. The first-order chi connectivity index (χ1) is 30.7. The van der Waals surface area contributed by atoms with Gasteiger partial charge in [-0.1, -0.05) is 206 Å². The van der Waals surface area contributed by atoms with E-state index in [1.807, 2.05) is 18.2 Å². The predicted octanol–water partition coefficient (Wildman–Crippen LogP) is 15.5. The van der Waals surface area contributed by atoms with Crippen molar-refractivity contribution in [2.45, 2.75) is 0 Å². The van der Waals surface area contributed by atoms with Crippen LogP contribution in [0.4, 0.5) is 0 Å². The zero-order chi connectivity index (χ0) is 41.2. The van der Waals surface area contributed by atoms with Crippen LogP contribution < -0.4 is 0 Å². The molecule has 0 saturated carbocycles. The van der Waals surface area contributed by atoms with Crippen LogP contribution in [0.3, 0.4) is 0 Å². The topological polar surface area (TPSA) is 38.7 Å². The molecule has 11 aromatic rings. The van der Waals surface area contributed by atoms with Gasteiger partial charge >= 0.3 is 0 Å². The summed E-state index contributed by atoms with van der Waals surface area (Å²) in [5.74, 6) is 0.686. The lowest BCUT2D eigenvalue weighted by Gasteiger charge is -2.14. The molecule has 0 aliphatic rings. The van der Waals surface area contributed by atoms with Gasteiger partial charge in [0, 0.05) is 27.6 Å². The van der Waals surface area contributed by atoms with Crippen LogP contribution in [0.25, 0.3) is 111 Å². The average molecular weight is 790 g/mol.